The third kappa shape index (κ3) is 6.51. The van der Waals surface area contributed by atoms with Crippen LogP contribution >= 0.6 is 12.2 Å². The molecule has 0 aromatic heterocycles. The van der Waals surface area contributed by atoms with Crippen molar-refractivity contribution in [3.05, 3.63) is 66.0 Å². The summed E-state index contributed by atoms with van der Waals surface area (Å²) in [4.78, 5) is 17.8. The predicted molar refractivity (Wildman–Crippen MR) is 135 cm³/mol. The molecule has 176 valence electrons. The predicted octanol–water partition coefficient (Wildman–Crippen LogP) is 4.06. The number of nitrogens with zero attached hydrogens (tertiary/aromatic N) is 2. The van der Waals surface area contributed by atoms with Gasteiger partial charge in [-0.25, -0.2) is 4.39 Å². The molecule has 2 aliphatic rings. The number of piperazine rings is 1. The lowest BCUT2D eigenvalue weighted by Gasteiger charge is -2.41. The van der Waals surface area contributed by atoms with Gasteiger partial charge < -0.3 is 15.5 Å². The Balaban J connectivity index is 1.31. The zero-order chi connectivity index (χ0) is 23.0. The van der Waals surface area contributed by atoms with Gasteiger partial charge >= 0.3 is 0 Å². The second kappa shape index (κ2) is 11.6. The van der Waals surface area contributed by atoms with Crippen molar-refractivity contribution in [2.75, 3.05) is 38.0 Å². The zero-order valence-corrected chi connectivity index (χ0v) is 19.8. The summed E-state index contributed by atoms with van der Waals surface area (Å²) in [6, 6.07) is 16.4. The van der Waals surface area contributed by atoms with E-state index in [1.165, 1.54) is 30.5 Å². The minimum absolute atomic E-state index is 0.0657. The van der Waals surface area contributed by atoms with E-state index in [9.17, 15) is 9.18 Å². The van der Waals surface area contributed by atoms with Crippen molar-refractivity contribution in [1.82, 2.24) is 15.1 Å². The Kier molecular flexibility index (Phi) is 8.29. The third-order valence-electron chi connectivity index (χ3n) is 6.76. The van der Waals surface area contributed by atoms with Gasteiger partial charge in [0, 0.05) is 38.4 Å². The Labute approximate surface area is 201 Å². The van der Waals surface area contributed by atoms with E-state index in [4.69, 9.17) is 12.2 Å². The molecule has 0 unspecified atom stereocenters. The van der Waals surface area contributed by atoms with Gasteiger partial charge in [-0.05, 0) is 67.2 Å². The molecule has 2 aromatic carbocycles. The number of hydrogen-bond acceptors (Lipinski definition) is 3. The Morgan fingerprint density at radius 2 is 1.67 bits per heavy atom. The van der Waals surface area contributed by atoms with Crippen molar-refractivity contribution in [2.45, 2.75) is 38.1 Å². The van der Waals surface area contributed by atoms with E-state index in [0.29, 0.717) is 17.6 Å². The molecule has 5 nitrogen and oxygen atoms in total. The van der Waals surface area contributed by atoms with Crippen LogP contribution in [0.15, 0.2) is 54.6 Å². The van der Waals surface area contributed by atoms with E-state index >= 15 is 0 Å². The molecule has 0 bridgehead atoms. The summed E-state index contributed by atoms with van der Waals surface area (Å²) < 4.78 is 13.1. The fourth-order valence-electron chi connectivity index (χ4n) is 4.97. The fourth-order valence-corrected chi connectivity index (χ4v) is 5.27. The van der Waals surface area contributed by atoms with Crippen LogP contribution in [0.5, 0.6) is 0 Å². The highest BCUT2D eigenvalue weighted by Gasteiger charge is 2.36. The highest BCUT2D eigenvalue weighted by molar-refractivity contribution is 7.80. The van der Waals surface area contributed by atoms with E-state index < -0.39 is 0 Å². The van der Waals surface area contributed by atoms with Crippen LogP contribution in [-0.2, 0) is 11.2 Å². The first kappa shape index (κ1) is 23.6. The SMILES string of the molecule is O=C(NCCc1ccccc1)[C@H](C1CCCC1)N1CCN(C(=S)Nc2ccc(F)cc2)CC1. The third-order valence-corrected chi connectivity index (χ3v) is 7.12. The summed E-state index contributed by atoms with van der Waals surface area (Å²) in [5.41, 5.74) is 2.02. The molecular weight excluding hydrogens is 435 g/mol. The standard InChI is InChI=1S/C26H33FN4OS/c27-22-10-12-23(13-11-22)29-26(33)31-18-16-30(17-19-31)24(21-8-4-5-9-21)25(32)28-15-14-20-6-2-1-3-7-20/h1-3,6-7,10-13,21,24H,4-5,8-9,14-19H2,(H,28,32)(H,29,33)/t24-/m0/s1. The van der Waals surface area contributed by atoms with E-state index in [1.54, 1.807) is 12.1 Å². The number of anilines is 1. The van der Waals surface area contributed by atoms with Crippen LogP contribution in [-0.4, -0.2) is 59.6 Å². The molecule has 0 spiro atoms. The second-order valence-corrected chi connectivity index (χ2v) is 9.36. The Hall–Kier alpha value is -2.51. The Morgan fingerprint density at radius 1 is 1.00 bits per heavy atom. The maximum Gasteiger partial charge on any atom is 0.237 e. The number of halogens is 1. The summed E-state index contributed by atoms with van der Waals surface area (Å²) in [5.74, 6) is 0.330. The first-order valence-corrected chi connectivity index (χ1v) is 12.4. The molecule has 2 N–H and O–H groups in total. The molecule has 1 heterocycles. The van der Waals surface area contributed by atoms with Gasteiger partial charge in [-0.15, -0.1) is 0 Å². The Morgan fingerprint density at radius 3 is 2.33 bits per heavy atom. The summed E-state index contributed by atoms with van der Waals surface area (Å²) in [7, 11) is 0. The quantitative estimate of drug-likeness (QED) is 0.601. The molecule has 7 heteroatoms. The van der Waals surface area contributed by atoms with E-state index in [1.807, 2.05) is 18.2 Å². The van der Waals surface area contributed by atoms with Gasteiger partial charge in [-0.2, -0.15) is 0 Å². The number of benzene rings is 2. The molecule has 4 rings (SSSR count). The van der Waals surface area contributed by atoms with Crippen LogP contribution in [0.4, 0.5) is 10.1 Å². The summed E-state index contributed by atoms with van der Waals surface area (Å²) in [6.07, 6.45) is 5.53. The largest absolute Gasteiger partial charge is 0.354 e. The number of amides is 1. The lowest BCUT2D eigenvalue weighted by Crippen LogP contribution is -2.58. The van der Waals surface area contributed by atoms with Gasteiger partial charge in [0.25, 0.3) is 0 Å². The van der Waals surface area contributed by atoms with Gasteiger partial charge in [-0.1, -0.05) is 43.2 Å². The smallest absolute Gasteiger partial charge is 0.237 e. The van der Waals surface area contributed by atoms with E-state index in [0.717, 1.165) is 51.1 Å². The molecule has 1 saturated carbocycles. The second-order valence-electron chi connectivity index (χ2n) is 8.98. The number of carbonyl (C=O) groups is 1. The molecule has 2 aromatic rings. The Bertz CT molecular complexity index is 910. The zero-order valence-electron chi connectivity index (χ0n) is 19.0. The molecule has 0 radical (unpaired) electrons. The maximum absolute atomic E-state index is 13.3. The van der Waals surface area contributed by atoms with Crippen molar-refractivity contribution >= 4 is 28.9 Å². The van der Waals surface area contributed by atoms with Crippen LogP contribution < -0.4 is 10.6 Å². The van der Waals surface area contributed by atoms with Crippen LogP contribution in [0.1, 0.15) is 31.2 Å². The molecule has 1 aliphatic heterocycles. The number of nitrogens with one attached hydrogen (secondary N) is 2. The van der Waals surface area contributed by atoms with Gasteiger partial charge in [0.05, 0.1) is 6.04 Å². The maximum atomic E-state index is 13.3. The summed E-state index contributed by atoms with van der Waals surface area (Å²) in [6.45, 7) is 3.82. The topological polar surface area (TPSA) is 47.6 Å². The average Bonchev–Trinajstić information content (AvgIpc) is 3.36. The lowest BCUT2D eigenvalue weighted by atomic mass is 9.95. The first-order chi connectivity index (χ1) is 16.1. The van der Waals surface area contributed by atoms with Crippen molar-refractivity contribution in [3.8, 4) is 0 Å². The normalized spacial score (nSPS) is 18.2. The number of hydrogen-bond donors (Lipinski definition) is 2. The highest BCUT2D eigenvalue weighted by Crippen LogP contribution is 2.31. The summed E-state index contributed by atoms with van der Waals surface area (Å²) in [5, 5.41) is 7.06. The van der Waals surface area contributed by atoms with Crippen molar-refractivity contribution in [3.63, 3.8) is 0 Å². The minimum atomic E-state index is -0.264. The van der Waals surface area contributed by atoms with Crippen LogP contribution in [0, 0.1) is 11.7 Å². The van der Waals surface area contributed by atoms with Crippen LogP contribution in [0.25, 0.3) is 0 Å². The molecule has 1 amide bonds. The molecule has 33 heavy (non-hydrogen) atoms. The lowest BCUT2D eigenvalue weighted by molar-refractivity contribution is -0.129. The van der Waals surface area contributed by atoms with Gasteiger partial charge in [-0.3, -0.25) is 9.69 Å². The van der Waals surface area contributed by atoms with Crippen molar-refractivity contribution in [2.24, 2.45) is 5.92 Å². The van der Waals surface area contributed by atoms with E-state index in [2.05, 4.69) is 32.6 Å². The van der Waals surface area contributed by atoms with Gasteiger partial charge in [0.15, 0.2) is 5.11 Å². The molecule has 1 atom stereocenters. The van der Waals surface area contributed by atoms with Crippen LogP contribution in [0.3, 0.4) is 0 Å². The number of thiocarbonyl (C=S) groups is 1. The highest BCUT2D eigenvalue weighted by atomic mass is 32.1. The van der Waals surface area contributed by atoms with Crippen LogP contribution in [0.2, 0.25) is 0 Å². The number of carbonyl (C=O) groups excluding carboxylic acids is 1. The molecule has 2 fully saturated rings. The monoisotopic (exact) mass is 468 g/mol. The average molecular weight is 469 g/mol. The summed E-state index contributed by atoms with van der Waals surface area (Å²) >= 11 is 5.58. The number of rotatable bonds is 7. The van der Waals surface area contributed by atoms with E-state index in [-0.39, 0.29) is 17.8 Å². The minimum Gasteiger partial charge on any atom is -0.354 e. The van der Waals surface area contributed by atoms with Crippen molar-refractivity contribution in [1.29, 1.82) is 0 Å². The molecule has 1 saturated heterocycles. The van der Waals surface area contributed by atoms with Gasteiger partial charge in [0.1, 0.15) is 5.82 Å². The fraction of sp³-hybridized carbons (Fsp3) is 0.462. The molecular formula is C26H33FN4OS. The van der Waals surface area contributed by atoms with Gasteiger partial charge in [0.2, 0.25) is 5.91 Å². The van der Waals surface area contributed by atoms with Crippen molar-refractivity contribution < 1.29 is 9.18 Å². The molecule has 1 aliphatic carbocycles. The first-order valence-electron chi connectivity index (χ1n) is 12.0.